The third-order valence-electron chi connectivity index (χ3n) is 1.73. The van der Waals surface area contributed by atoms with E-state index in [0.29, 0.717) is 21.9 Å². The first kappa shape index (κ1) is 8.21. The Morgan fingerprint density at radius 2 is 2.00 bits per heavy atom. The van der Waals surface area contributed by atoms with Gasteiger partial charge in [-0.05, 0) is 25.0 Å². The predicted octanol–water partition coefficient (Wildman–Crippen LogP) is 3.53. The van der Waals surface area contributed by atoms with Crippen molar-refractivity contribution in [3.63, 3.8) is 0 Å². The van der Waals surface area contributed by atoms with Gasteiger partial charge in [-0.3, -0.25) is 0 Å². The van der Waals surface area contributed by atoms with Gasteiger partial charge < -0.3 is 4.74 Å². The van der Waals surface area contributed by atoms with Crippen LogP contribution in [0.5, 0.6) is 5.75 Å². The third-order valence-corrected chi connectivity index (χ3v) is 2.54. The fourth-order valence-corrected chi connectivity index (χ4v) is 1.28. The molecule has 0 amide bonds. The number of hydrogen-bond donors (Lipinski definition) is 0. The third kappa shape index (κ3) is 1.67. The molecule has 1 saturated carbocycles. The monoisotopic (exact) mass is 202 g/mol. The number of hydrogen-bond acceptors (Lipinski definition) is 1. The standard InChI is InChI=1S/C9H8Cl2O/c10-7-2-1-3-8(9(7)11)12-6-4-5-6/h1-3,6H,4-5H2. The van der Waals surface area contributed by atoms with Crippen molar-refractivity contribution < 1.29 is 4.74 Å². The molecule has 0 radical (unpaired) electrons. The summed E-state index contributed by atoms with van der Waals surface area (Å²) in [7, 11) is 0. The van der Waals surface area contributed by atoms with Crippen molar-refractivity contribution in [1.29, 1.82) is 0 Å². The summed E-state index contributed by atoms with van der Waals surface area (Å²) in [6.07, 6.45) is 2.62. The summed E-state index contributed by atoms with van der Waals surface area (Å²) >= 11 is 11.7. The van der Waals surface area contributed by atoms with E-state index in [1.165, 1.54) is 0 Å². The second-order valence-corrected chi connectivity index (χ2v) is 3.65. The van der Waals surface area contributed by atoms with Crippen molar-refractivity contribution in [3.05, 3.63) is 28.2 Å². The largest absolute Gasteiger partial charge is 0.489 e. The first-order valence-electron chi connectivity index (χ1n) is 3.88. The second-order valence-electron chi connectivity index (χ2n) is 2.87. The highest BCUT2D eigenvalue weighted by Crippen LogP contribution is 2.35. The molecule has 64 valence electrons. The maximum Gasteiger partial charge on any atom is 0.139 e. The number of rotatable bonds is 2. The quantitative estimate of drug-likeness (QED) is 0.714. The van der Waals surface area contributed by atoms with Gasteiger partial charge in [0, 0.05) is 0 Å². The Hall–Kier alpha value is -0.400. The van der Waals surface area contributed by atoms with Crippen LogP contribution in [0.15, 0.2) is 18.2 Å². The average Bonchev–Trinajstić information content (AvgIpc) is 2.83. The van der Waals surface area contributed by atoms with Gasteiger partial charge in [0.2, 0.25) is 0 Å². The summed E-state index contributed by atoms with van der Waals surface area (Å²) in [5.41, 5.74) is 0. The summed E-state index contributed by atoms with van der Waals surface area (Å²) in [6.45, 7) is 0. The summed E-state index contributed by atoms with van der Waals surface area (Å²) in [5.74, 6) is 0.701. The molecule has 1 aromatic carbocycles. The molecule has 1 aliphatic carbocycles. The summed E-state index contributed by atoms with van der Waals surface area (Å²) in [5, 5.41) is 1.07. The van der Waals surface area contributed by atoms with Crippen molar-refractivity contribution in [2.75, 3.05) is 0 Å². The van der Waals surface area contributed by atoms with E-state index in [2.05, 4.69) is 0 Å². The van der Waals surface area contributed by atoms with Gasteiger partial charge >= 0.3 is 0 Å². The minimum atomic E-state index is 0.362. The van der Waals surface area contributed by atoms with E-state index in [1.807, 2.05) is 12.1 Å². The Balaban J connectivity index is 2.23. The van der Waals surface area contributed by atoms with Crippen LogP contribution in [0.4, 0.5) is 0 Å². The Kier molecular flexibility index (Phi) is 2.16. The van der Waals surface area contributed by atoms with E-state index < -0.39 is 0 Å². The van der Waals surface area contributed by atoms with Crippen LogP contribution >= 0.6 is 23.2 Å². The highest BCUT2D eigenvalue weighted by Gasteiger charge is 2.24. The Morgan fingerprint density at radius 3 is 2.67 bits per heavy atom. The van der Waals surface area contributed by atoms with Crippen LogP contribution in [0.25, 0.3) is 0 Å². The van der Waals surface area contributed by atoms with Gasteiger partial charge in [-0.2, -0.15) is 0 Å². The van der Waals surface area contributed by atoms with E-state index in [4.69, 9.17) is 27.9 Å². The van der Waals surface area contributed by atoms with Crippen molar-refractivity contribution in [3.8, 4) is 5.75 Å². The van der Waals surface area contributed by atoms with Crippen LogP contribution in [-0.4, -0.2) is 6.10 Å². The molecule has 1 aromatic rings. The molecule has 0 saturated heterocycles. The van der Waals surface area contributed by atoms with Crippen LogP contribution in [0.2, 0.25) is 10.0 Å². The Bertz CT molecular complexity index is 295. The smallest absolute Gasteiger partial charge is 0.139 e. The highest BCUT2D eigenvalue weighted by molar-refractivity contribution is 6.42. The van der Waals surface area contributed by atoms with Crippen LogP contribution in [0.1, 0.15) is 12.8 Å². The Labute approximate surface area is 81.2 Å². The Morgan fingerprint density at radius 1 is 1.25 bits per heavy atom. The molecule has 0 N–H and O–H groups in total. The highest BCUT2D eigenvalue weighted by atomic mass is 35.5. The fraction of sp³-hybridized carbons (Fsp3) is 0.333. The fourth-order valence-electron chi connectivity index (χ4n) is 0.940. The number of ether oxygens (including phenoxy) is 1. The minimum Gasteiger partial charge on any atom is -0.489 e. The number of benzene rings is 1. The van der Waals surface area contributed by atoms with Gasteiger partial charge in [-0.25, -0.2) is 0 Å². The summed E-state index contributed by atoms with van der Waals surface area (Å²) in [4.78, 5) is 0. The zero-order valence-corrected chi connectivity index (χ0v) is 7.90. The van der Waals surface area contributed by atoms with Crippen LogP contribution in [0.3, 0.4) is 0 Å². The molecule has 0 atom stereocenters. The molecule has 0 spiro atoms. The molecule has 0 unspecified atom stereocenters. The molecule has 0 aliphatic heterocycles. The lowest BCUT2D eigenvalue weighted by molar-refractivity contribution is 0.303. The lowest BCUT2D eigenvalue weighted by Crippen LogP contribution is -1.96. The molecule has 1 aliphatic rings. The van der Waals surface area contributed by atoms with Crippen molar-refractivity contribution in [1.82, 2.24) is 0 Å². The summed E-state index contributed by atoms with van der Waals surface area (Å²) < 4.78 is 5.52. The second kappa shape index (κ2) is 3.15. The van der Waals surface area contributed by atoms with Crippen molar-refractivity contribution >= 4 is 23.2 Å². The predicted molar refractivity (Wildman–Crippen MR) is 50.1 cm³/mol. The molecule has 3 heteroatoms. The zero-order chi connectivity index (χ0) is 8.55. The zero-order valence-electron chi connectivity index (χ0n) is 6.39. The van der Waals surface area contributed by atoms with Gasteiger partial charge in [0.1, 0.15) is 10.8 Å². The van der Waals surface area contributed by atoms with Crippen molar-refractivity contribution in [2.24, 2.45) is 0 Å². The molecule has 2 rings (SSSR count). The molecule has 0 bridgehead atoms. The molecular formula is C9H8Cl2O. The van der Waals surface area contributed by atoms with Crippen molar-refractivity contribution in [2.45, 2.75) is 18.9 Å². The number of halogens is 2. The van der Waals surface area contributed by atoms with Gasteiger partial charge in [-0.1, -0.05) is 29.3 Å². The summed E-state index contributed by atoms with van der Waals surface area (Å²) in [6, 6.07) is 5.43. The van der Waals surface area contributed by atoms with E-state index in [1.54, 1.807) is 6.07 Å². The maximum absolute atomic E-state index is 5.91. The SMILES string of the molecule is Clc1cccc(OC2CC2)c1Cl. The van der Waals surface area contributed by atoms with E-state index in [9.17, 15) is 0 Å². The average molecular weight is 203 g/mol. The molecule has 1 fully saturated rings. The normalized spacial score (nSPS) is 16.2. The van der Waals surface area contributed by atoms with E-state index in [-0.39, 0.29) is 0 Å². The van der Waals surface area contributed by atoms with E-state index in [0.717, 1.165) is 12.8 Å². The molecular weight excluding hydrogens is 195 g/mol. The molecule has 0 aromatic heterocycles. The van der Waals surface area contributed by atoms with Crippen LogP contribution in [0, 0.1) is 0 Å². The first-order valence-corrected chi connectivity index (χ1v) is 4.63. The first-order chi connectivity index (χ1) is 5.77. The lowest BCUT2D eigenvalue weighted by Gasteiger charge is -2.06. The topological polar surface area (TPSA) is 9.23 Å². The van der Waals surface area contributed by atoms with Gasteiger partial charge in [0.15, 0.2) is 0 Å². The van der Waals surface area contributed by atoms with Gasteiger partial charge in [0.05, 0.1) is 11.1 Å². The molecule has 1 nitrogen and oxygen atoms in total. The van der Waals surface area contributed by atoms with E-state index >= 15 is 0 Å². The molecule has 0 heterocycles. The maximum atomic E-state index is 5.91. The minimum absolute atomic E-state index is 0.362. The lowest BCUT2D eigenvalue weighted by atomic mass is 10.3. The van der Waals surface area contributed by atoms with Crippen LogP contribution < -0.4 is 4.74 Å². The molecule has 12 heavy (non-hydrogen) atoms. The van der Waals surface area contributed by atoms with Gasteiger partial charge in [-0.15, -0.1) is 0 Å². The van der Waals surface area contributed by atoms with Gasteiger partial charge in [0.25, 0.3) is 0 Å². The van der Waals surface area contributed by atoms with Crippen LogP contribution in [-0.2, 0) is 0 Å².